The van der Waals surface area contributed by atoms with Gasteiger partial charge in [0.15, 0.2) is 6.61 Å². The second-order valence-electron chi connectivity index (χ2n) is 7.84. The Hall–Kier alpha value is -3.22. The lowest BCUT2D eigenvalue weighted by Crippen LogP contribution is -2.51. The van der Waals surface area contributed by atoms with Crippen LogP contribution in [0.5, 0.6) is 11.5 Å². The fourth-order valence-electron chi connectivity index (χ4n) is 3.63. The molecule has 0 aliphatic rings. The van der Waals surface area contributed by atoms with Gasteiger partial charge in [0.05, 0.1) is 12.1 Å². The Balaban J connectivity index is 1.91. The Morgan fingerprint density at radius 2 is 1.71 bits per heavy atom. The summed E-state index contributed by atoms with van der Waals surface area (Å²) < 4.78 is 11.1. The molecule has 0 aromatic heterocycles. The summed E-state index contributed by atoms with van der Waals surface area (Å²) in [6, 6.07) is 21.0. The Morgan fingerprint density at radius 1 is 0.971 bits per heavy atom. The fourth-order valence-corrected chi connectivity index (χ4v) is 4.09. The summed E-state index contributed by atoms with van der Waals surface area (Å²) in [5, 5.41) is 3.63. The van der Waals surface area contributed by atoms with Crippen LogP contribution >= 0.6 is 23.2 Å². The highest BCUT2D eigenvalue weighted by Crippen LogP contribution is 2.27. The Morgan fingerprint density at radius 3 is 2.40 bits per heavy atom. The second-order valence-corrected chi connectivity index (χ2v) is 8.68. The molecule has 0 aliphatic carbocycles. The van der Waals surface area contributed by atoms with Crippen molar-refractivity contribution >= 4 is 35.0 Å². The molecule has 0 saturated heterocycles. The molecule has 0 radical (unpaired) electrons. The zero-order valence-electron chi connectivity index (χ0n) is 19.7. The molecule has 2 amide bonds. The molecule has 3 aromatic carbocycles. The van der Waals surface area contributed by atoms with E-state index < -0.39 is 6.04 Å². The van der Waals surface area contributed by atoms with Gasteiger partial charge in [0.25, 0.3) is 5.91 Å². The second kappa shape index (κ2) is 13.0. The van der Waals surface area contributed by atoms with Gasteiger partial charge in [0, 0.05) is 24.5 Å². The van der Waals surface area contributed by atoms with Gasteiger partial charge in [-0.1, -0.05) is 65.7 Å². The van der Waals surface area contributed by atoms with Gasteiger partial charge in [-0.05, 0) is 48.4 Å². The molecule has 3 rings (SSSR count). The zero-order valence-corrected chi connectivity index (χ0v) is 21.2. The molecule has 1 N–H and O–H groups in total. The van der Waals surface area contributed by atoms with Gasteiger partial charge in [-0.25, -0.2) is 0 Å². The van der Waals surface area contributed by atoms with E-state index in [0.29, 0.717) is 34.5 Å². The third kappa shape index (κ3) is 7.64. The number of hydrogen-bond acceptors (Lipinski definition) is 4. The number of likely N-dealkylation sites (N-methyl/N-ethyl adjacent to an activating group) is 1. The summed E-state index contributed by atoms with van der Waals surface area (Å²) in [7, 11) is 1.58. The first kappa shape index (κ1) is 26.4. The largest absolute Gasteiger partial charge is 0.497 e. The number of nitrogens with zero attached hydrogens (tertiary/aromatic N) is 1. The molecule has 0 aliphatic heterocycles. The van der Waals surface area contributed by atoms with Crippen LogP contribution in [-0.4, -0.2) is 43.0 Å². The smallest absolute Gasteiger partial charge is 0.261 e. The molecule has 0 bridgehead atoms. The maximum absolute atomic E-state index is 13.5. The third-order valence-corrected chi connectivity index (χ3v) is 5.88. The molecule has 8 heteroatoms. The number of nitrogens with one attached hydrogen (secondary N) is 1. The molecule has 0 fully saturated rings. The van der Waals surface area contributed by atoms with Gasteiger partial charge < -0.3 is 19.7 Å². The van der Waals surface area contributed by atoms with E-state index in [1.54, 1.807) is 25.3 Å². The summed E-state index contributed by atoms with van der Waals surface area (Å²) in [4.78, 5) is 28.2. The van der Waals surface area contributed by atoms with Gasteiger partial charge in [-0.2, -0.15) is 0 Å². The van der Waals surface area contributed by atoms with Gasteiger partial charge in [0.1, 0.15) is 17.5 Å². The van der Waals surface area contributed by atoms with Crippen molar-refractivity contribution in [2.75, 3.05) is 20.3 Å². The maximum atomic E-state index is 13.5. The molecule has 0 unspecified atom stereocenters. The van der Waals surface area contributed by atoms with E-state index in [0.717, 1.165) is 11.1 Å². The lowest BCUT2D eigenvalue weighted by Gasteiger charge is -2.31. The van der Waals surface area contributed by atoms with Crippen molar-refractivity contribution in [1.29, 1.82) is 0 Å². The Labute approximate surface area is 215 Å². The molecular formula is C27H28Cl2N2O4. The summed E-state index contributed by atoms with van der Waals surface area (Å²) >= 11 is 12.2. The minimum atomic E-state index is -0.750. The summed E-state index contributed by atoms with van der Waals surface area (Å²) in [6.45, 7) is 2.19. The van der Waals surface area contributed by atoms with Crippen molar-refractivity contribution in [2.45, 2.75) is 25.9 Å². The van der Waals surface area contributed by atoms with E-state index in [1.807, 2.05) is 61.5 Å². The first-order valence-electron chi connectivity index (χ1n) is 11.2. The molecule has 3 aromatic rings. The molecule has 1 atom stereocenters. The van der Waals surface area contributed by atoms with Crippen molar-refractivity contribution < 1.29 is 19.1 Å². The van der Waals surface area contributed by atoms with Gasteiger partial charge in [-0.3, -0.25) is 9.59 Å². The molecule has 184 valence electrons. The number of rotatable bonds is 11. The Bertz CT molecular complexity index is 1140. The zero-order chi connectivity index (χ0) is 25.2. The normalized spacial score (nSPS) is 11.4. The van der Waals surface area contributed by atoms with Crippen molar-refractivity contribution in [2.24, 2.45) is 0 Å². The van der Waals surface area contributed by atoms with Crippen molar-refractivity contribution in [3.05, 3.63) is 94.0 Å². The van der Waals surface area contributed by atoms with Crippen LogP contribution in [0.15, 0.2) is 72.8 Å². The predicted molar refractivity (Wildman–Crippen MR) is 138 cm³/mol. The number of hydrogen-bond donors (Lipinski definition) is 1. The first-order chi connectivity index (χ1) is 16.9. The van der Waals surface area contributed by atoms with Gasteiger partial charge in [0.2, 0.25) is 5.91 Å². The molecular weight excluding hydrogens is 487 g/mol. The fraction of sp³-hybridized carbons (Fsp3) is 0.259. The highest BCUT2D eigenvalue weighted by atomic mass is 35.5. The highest BCUT2D eigenvalue weighted by Gasteiger charge is 2.30. The number of amides is 2. The predicted octanol–water partition coefficient (Wildman–Crippen LogP) is 5.16. The van der Waals surface area contributed by atoms with Crippen molar-refractivity contribution in [1.82, 2.24) is 10.2 Å². The van der Waals surface area contributed by atoms with Gasteiger partial charge >= 0.3 is 0 Å². The van der Waals surface area contributed by atoms with Crippen LogP contribution in [0.3, 0.4) is 0 Å². The standard InChI is InChI=1S/C27H28Cl2N2O4/c1-3-30-27(33)24(15-19-8-5-4-6-9-19)31(17-20-10-7-11-22(14-20)34-2)26(32)18-35-25-13-12-21(28)16-23(25)29/h4-14,16,24H,3,15,17-18H2,1-2H3,(H,30,33)/t24-/m0/s1. The number of halogens is 2. The highest BCUT2D eigenvalue weighted by molar-refractivity contribution is 6.35. The molecule has 6 nitrogen and oxygen atoms in total. The van der Waals surface area contributed by atoms with E-state index in [4.69, 9.17) is 32.7 Å². The number of carbonyl (C=O) groups excluding carboxylic acids is 2. The Kier molecular flexibility index (Phi) is 9.82. The van der Waals surface area contributed by atoms with Gasteiger partial charge in [-0.15, -0.1) is 0 Å². The molecule has 0 heterocycles. The minimum absolute atomic E-state index is 0.197. The maximum Gasteiger partial charge on any atom is 0.261 e. The van der Waals surface area contributed by atoms with Crippen molar-refractivity contribution in [3.8, 4) is 11.5 Å². The quantitative estimate of drug-likeness (QED) is 0.383. The van der Waals surface area contributed by atoms with Crippen LogP contribution in [0.25, 0.3) is 0 Å². The first-order valence-corrected chi connectivity index (χ1v) is 12.0. The molecule has 0 spiro atoms. The van der Waals surface area contributed by atoms with E-state index in [2.05, 4.69) is 5.32 Å². The molecule has 0 saturated carbocycles. The summed E-state index contributed by atoms with van der Waals surface area (Å²) in [6.07, 6.45) is 0.351. The number of carbonyl (C=O) groups is 2. The minimum Gasteiger partial charge on any atom is -0.497 e. The third-order valence-electron chi connectivity index (χ3n) is 5.35. The van der Waals surface area contributed by atoms with Crippen LogP contribution in [0.1, 0.15) is 18.1 Å². The lowest BCUT2D eigenvalue weighted by molar-refractivity contribution is -0.142. The van der Waals surface area contributed by atoms with Crippen LogP contribution < -0.4 is 14.8 Å². The van der Waals surface area contributed by atoms with E-state index >= 15 is 0 Å². The van der Waals surface area contributed by atoms with E-state index in [9.17, 15) is 9.59 Å². The monoisotopic (exact) mass is 514 g/mol. The molecule has 35 heavy (non-hydrogen) atoms. The van der Waals surface area contributed by atoms with Crippen LogP contribution in [0.4, 0.5) is 0 Å². The average molecular weight is 515 g/mol. The number of benzene rings is 3. The van der Waals surface area contributed by atoms with E-state index in [-0.39, 0.29) is 25.0 Å². The number of methoxy groups -OCH3 is 1. The SMILES string of the molecule is CCNC(=O)[C@H](Cc1ccccc1)N(Cc1cccc(OC)c1)C(=O)COc1ccc(Cl)cc1Cl. The number of ether oxygens (including phenoxy) is 2. The van der Waals surface area contributed by atoms with Crippen molar-refractivity contribution in [3.63, 3.8) is 0 Å². The topological polar surface area (TPSA) is 67.9 Å². The average Bonchev–Trinajstić information content (AvgIpc) is 2.86. The lowest BCUT2D eigenvalue weighted by atomic mass is 10.0. The van der Waals surface area contributed by atoms with Crippen LogP contribution in [0.2, 0.25) is 10.0 Å². The summed E-state index contributed by atoms with van der Waals surface area (Å²) in [5.74, 6) is 0.406. The summed E-state index contributed by atoms with van der Waals surface area (Å²) in [5.41, 5.74) is 1.76. The van der Waals surface area contributed by atoms with E-state index in [1.165, 1.54) is 4.90 Å². The van der Waals surface area contributed by atoms with Crippen LogP contribution in [-0.2, 0) is 22.6 Å². The van der Waals surface area contributed by atoms with Crippen LogP contribution in [0, 0.1) is 0 Å².